The smallest absolute Gasteiger partial charge is 0.221 e. The van der Waals surface area contributed by atoms with Crippen molar-refractivity contribution < 1.29 is 29.6 Å². The van der Waals surface area contributed by atoms with E-state index in [1.165, 1.54) is 6.92 Å². The second-order valence-corrected chi connectivity index (χ2v) is 4.41. The van der Waals surface area contributed by atoms with Gasteiger partial charge in [0.05, 0.1) is 6.61 Å². The molecule has 0 aliphatic carbocycles. The molecule has 0 radical (unpaired) electrons. The summed E-state index contributed by atoms with van der Waals surface area (Å²) in [5.74, 6) is -0.765. The van der Waals surface area contributed by atoms with Crippen LogP contribution in [-0.2, 0) is 14.3 Å². The second kappa shape index (κ2) is 6.80. The molecule has 1 saturated heterocycles. The maximum Gasteiger partial charge on any atom is 0.221 e. The van der Waals surface area contributed by atoms with Gasteiger partial charge in [-0.15, -0.1) is 0 Å². The molecule has 5 N–H and O–H groups in total. The van der Waals surface area contributed by atoms with E-state index in [0.29, 0.717) is 0 Å². The first kappa shape index (κ1) is 15.8. The van der Waals surface area contributed by atoms with Crippen LogP contribution < -0.4 is 10.6 Å². The summed E-state index contributed by atoms with van der Waals surface area (Å²) in [5.41, 5.74) is 0. The number of ether oxygens (including phenoxy) is 1. The molecule has 19 heavy (non-hydrogen) atoms. The van der Waals surface area contributed by atoms with E-state index in [0.717, 1.165) is 0 Å². The number of hydrogen-bond acceptors (Lipinski definition) is 6. The third-order valence-corrected chi connectivity index (χ3v) is 2.92. The lowest BCUT2D eigenvalue weighted by atomic mass is 9.96. The van der Waals surface area contributed by atoms with Gasteiger partial charge >= 0.3 is 0 Å². The molecular weight excluding hydrogens is 256 g/mol. The van der Waals surface area contributed by atoms with Crippen LogP contribution in [0.25, 0.3) is 0 Å². The molecule has 0 spiro atoms. The van der Waals surface area contributed by atoms with Crippen molar-refractivity contribution in [3.63, 3.8) is 0 Å². The lowest BCUT2D eigenvalue weighted by Crippen LogP contribution is -2.68. The molecule has 8 heteroatoms. The van der Waals surface area contributed by atoms with Crippen LogP contribution in [0.2, 0.25) is 0 Å². The normalized spacial score (nSPS) is 34.7. The number of aliphatic hydroxyl groups is 3. The summed E-state index contributed by atoms with van der Waals surface area (Å²) in [6, 6.07) is -0.981. The average molecular weight is 276 g/mol. The third kappa shape index (κ3) is 3.87. The fraction of sp³-hybridized carbons (Fsp3) is 0.818. The fourth-order valence-corrected chi connectivity index (χ4v) is 1.90. The first-order chi connectivity index (χ1) is 8.90. The zero-order chi connectivity index (χ0) is 14.6. The van der Waals surface area contributed by atoms with Crippen molar-refractivity contribution in [2.45, 2.75) is 50.8 Å². The Labute approximate surface area is 110 Å². The number of hydrogen-bond donors (Lipinski definition) is 5. The van der Waals surface area contributed by atoms with Crippen LogP contribution in [0.1, 0.15) is 20.3 Å². The molecule has 1 fully saturated rings. The molecule has 110 valence electrons. The molecule has 1 aliphatic rings. The maximum atomic E-state index is 11.4. The van der Waals surface area contributed by atoms with E-state index in [-0.39, 0.29) is 12.3 Å². The molecule has 5 unspecified atom stereocenters. The Morgan fingerprint density at radius 2 is 1.84 bits per heavy atom. The van der Waals surface area contributed by atoms with E-state index < -0.39 is 43.1 Å². The van der Waals surface area contributed by atoms with Gasteiger partial charge in [-0.1, -0.05) is 6.92 Å². The van der Waals surface area contributed by atoms with E-state index in [4.69, 9.17) is 9.84 Å². The second-order valence-electron chi connectivity index (χ2n) is 4.41. The highest BCUT2D eigenvalue weighted by atomic mass is 16.5. The standard InChI is InChI=1S/C11H20N2O6/c1-3-7(16)13-11-8(12-5(2)15)10(18)9(17)6(4-14)19-11/h6,8-11,14,17-18H,3-4H2,1-2H3,(H,12,15)(H,13,16). The zero-order valence-corrected chi connectivity index (χ0v) is 10.9. The molecular formula is C11H20N2O6. The Kier molecular flexibility index (Phi) is 5.67. The molecule has 1 heterocycles. The highest BCUT2D eigenvalue weighted by Crippen LogP contribution is 2.20. The summed E-state index contributed by atoms with van der Waals surface area (Å²) in [6.45, 7) is 2.37. The summed E-state index contributed by atoms with van der Waals surface area (Å²) in [6.07, 6.45) is -4.53. The van der Waals surface area contributed by atoms with Gasteiger partial charge in [-0.2, -0.15) is 0 Å². The van der Waals surface area contributed by atoms with Gasteiger partial charge in [0, 0.05) is 13.3 Å². The SMILES string of the molecule is CCC(=O)NC1OC(CO)C(O)C(O)C1NC(C)=O. The van der Waals surface area contributed by atoms with Gasteiger partial charge in [0.1, 0.15) is 24.4 Å². The molecule has 0 aromatic rings. The van der Waals surface area contributed by atoms with Crippen molar-refractivity contribution in [1.29, 1.82) is 0 Å². The number of nitrogens with one attached hydrogen (secondary N) is 2. The fourth-order valence-electron chi connectivity index (χ4n) is 1.90. The number of amides is 2. The van der Waals surface area contributed by atoms with E-state index in [9.17, 15) is 19.8 Å². The predicted molar refractivity (Wildman–Crippen MR) is 63.8 cm³/mol. The summed E-state index contributed by atoms with van der Waals surface area (Å²) >= 11 is 0. The van der Waals surface area contributed by atoms with E-state index >= 15 is 0 Å². The zero-order valence-electron chi connectivity index (χ0n) is 10.9. The predicted octanol–water partition coefficient (Wildman–Crippen LogP) is -2.54. The van der Waals surface area contributed by atoms with Crippen LogP contribution in [0.15, 0.2) is 0 Å². The largest absolute Gasteiger partial charge is 0.394 e. The summed E-state index contributed by atoms with van der Waals surface area (Å²) in [5, 5.41) is 33.6. The summed E-state index contributed by atoms with van der Waals surface area (Å²) < 4.78 is 5.30. The Morgan fingerprint density at radius 1 is 1.21 bits per heavy atom. The van der Waals surface area contributed by atoms with Crippen molar-refractivity contribution in [2.75, 3.05) is 6.61 Å². The lowest BCUT2D eigenvalue weighted by molar-refractivity contribution is -0.203. The monoisotopic (exact) mass is 276 g/mol. The first-order valence-corrected chi connectivity index (χ1v) is 6.09. The molecule has 5 atom stereocenters. The highest BCUT2D eigenvalue weighted by molar-refractivity contribution is 5.76. The number of rotatable bonds is 4. The van der Waals surface area contributed by atoms with Crippen molar-refractivity contribution in [1.82, 2.24) is 10.6 Å². The van der Waals surface area contributed by atoms with Gasteiger partial charge in [0.25, 0.3) is 0 Å². The van der Waals surface area contributed by atoms with E-state index in [1.807, 2.05) is 0 Å². The molecule has 8 nitrogen and oxygen atoms in total. The van der Waals surface area contributed by atoms with Crippen LogP contribution >= 0.6 is 0 Å². The van der Waals surface area contributed by atoms with Crippen LogP contribution in [0.5, 0.6) is 0 Å². The van der Waals surface area contributed by atoms with Gasteiger partial charge in [-0.25, -0.2) is 0 Å². The summed E-state index contributed by atoms with van der Waals surface area (Å²) in [4.78, 5) is 22.5. The van der Waals surface area contributed by atoms with Crippen LogP contribution in [0.4, 0.5) is 0 Å². The number of carbonyl (C=O) groups is 2. The van der Waals surface area contributed by atoms with Crippen LogP contribution in [0, 0.1) is 0 Å². The molecule has 1 rings (SSSR count). The molecule has 0 bridgehead atoms. The van der Waals surface area contributed by atoms with Gasteiger partial charge in [0.2, 0.25) is 11.8 Å². The van der Waals surface area contributed by atoms with Gasteiger partial charge in [-0.05, 0) is 0 Å². The summed E-state index contributed by atoms with van der Waals surface area (Å²) in [7, 11) is 0. The Hall–Kier alpha value is -1.22. The molecule has 1 aliphatic heterocycles. The van der Waals surface area contributed by atoms with Crippen molar-refractivity contribution >= 4 is 11.8 Å². The van der Waals surface area contributed by atoms with Crippen LogP contribution in [-0.4, -0.2) is 64.3 Å². The van der Waals surface area contributed by atoms with E-state index in [1.54, 1.807) is 6.92 Å². The maximum absolute atomic E-state index is 11.4. The minimum Gasteiger partial charge on any atom is -0.394 e. The Balaban J connectivity index is 2.86. The van der Waals surface area contributed by atoms with Crippen molar-refractivity contribution in [3.8, 4) is 0 Å². The molecule has 0 saturated carbocycles. The minimum atomic E-state index is -1.35. The van der Waals surface area contributed by atoms with Gasteiger partial charge < -0.3 is 30.7 Å². The first-order valence-electron chi connectivity index (χ1n) is 6.09. The number of aliphatic hydroxyl groups excluding tert-OH is 3. The Morgan fingerprint density at radius 3 is 2.32 bits per heavy atom. The topological polar surface area (TPSA) is 128 Å². The molecule has 0 aromatic carbocycles. The molecule has 0 aromatic heterocycles. The quantitative estimate of drug-likeness (QED) is 0.385. The van der Waals surface area contributed by atoms with Crippen molar-refractivity contribution in [3.05, 3.63) is 0 Å². The number of carbonyl (C=O) groups excluding carboxylic acids is 2. The van der Waals surface area contributed by atoms with Gasteiger partial charge in [0.15, 0.2) is 6.23 Å². The Bertz CT molecular complexity index is 337. The highest BCUT2D eigenvalue weighted by Gasteiger charge is 2.45. The molecule has 2 amide bonds. The van der Waals surface area contributed by atoms with Gasteiger partial charge in [-0.3, -0.25) is 9.59 Å². The minimum absolute atomic E-state index is 0.203. The van der Waals surface area contributed by atoms with Crippen molar-refractivity contribution in [2.24, 2.45) is 0 Å². The van der Waals surface area contributed by atoms with E-state index in [2.05, 4.69) is 10.6 Å². The lowest BCUT2D eigenvalue weighted by Gasteiger charge is -2.42. The average Bonchev–Trinajstić information content (AvgIpc) is 2.37. The third-order valence-electron chi connectivity index (χ3n) is 2.92. The van der Waals surface area contributed by atoms with Crippen LogP contribution in [0.3, 0.4) is 0 Å².